The highest BCUT2D eigenvalue weighted by molar-refractivity contribution is 6.35. The fourth-order valence-electron chi connectivity index (χ4n) is 2.91. The van der Waals surface area contributed by atoms with Crippen molar-refractivity contribution in [1.82, 2.24) is 9.80 Å². The van der Waals surface area contributed by atoms with Gasteiger partial charge in [0.2, 0.25) is 0 Å². The Hall–Kier alpha value is -2.62. The van der Waals surface area contributed by atoms with Crippen LogP contribution in [-0.4, -0.2) is 34.2 Å². The number of piperazine rings is 1. The third-order valence-corrected chi connectivity index (χ3v) is 4.16. The molecule has 1 fully saturated rings. The van der Waals surface area contributed by atoms with Crippen LogP contribution in [0.1, 0.15) is 18.1 Å². The molecule has 2 aromatic rings. The van der Waals surface area contributed by atoms with Crippen LogP contribution in [0.25, 0.3) is 0 Å². The lowest BCUT2D eigenvalue weighted by molar-refractivity contribution is -0.159. The predicted octanol–water partition coefficient (Wildman–Crippen LogP) is 2.45. The lowest BCUT2D eigenvalue weighted by atomic mass is 10.1. The number of carbonyl (C=O) groups is 2. The van der Waals surface area contributed by atoms with Gasteiger partial charge in [0.05, 0.1) is 0 Å². The Morgan fingerprint density at radius 3 is 1.91 bits per heavy atom. The monoisotopic (exact) mass is 308 g/mol. The summed E-state index contributed by atoms with van der Waals surface area (Å²) in [5.74, 6) is -0.827. The van der Waals surface area contributed by atoms with Gasteiger partial charge in [0, 0.05) is 25.7 Å². The molecule has 0 spiro atoms. The van der Waals surface area contributed by atoms with Crippen molar-refractivity contribution in [3.63, 3.8) is 0 Å². The van der Waals surface area contributed by atoms with Gasteiger partial charge in [-0.05, 0) is 18.1 Å². The zero-order valence-corrected chi connectivity index (χ0v) is 13.2. The topological polar surface area (TPSA) is 40.6 Å². The maximum absolute atomic E-state index is 12.5. The summed E-state index contributed by atoms with van der Waals surface area (Å²) < 4.78 is 0. The molecular weight excluding hydrogens is 288 g/mol. The first-order valence-electron chi connectivity index (χ1n) is 7.83. The Balaban J connectivity index is 1.71. The first-order valence-corrected chi connectivity index (χ1v) is 7.83. The van der Waals surface area contributed by atoms with E-state index in [1.54, 1.807) is 9.80 Å². The highest BCUT2D eigenvalue weighted by atomic mass is 16.2. The van der Waals surface area contributed by atoms with Gasteiger partial charge in [0.25, 0.3) is 0 Å². The molecule has 4 nitrogen and oxygen atoms in total. The highest BCUT2D eigenvalue weighted by Gasteiger charge is 2.36. The Morgan fingerprint density at radius 1 is 0.826 bits per heavy atom. The summed E-state index contributed by atoms with van der Waals surface area (Å²) in [5.41, 5.74) is 2.08. The van der Waals surface area contributed by atoms with Crippen LogP contribution < -0.4 is 0 Å². The molecule has 0 aromatic heterocycles. The zero-order chi connectivity index (χ0) is 16.2. The number of rotatable bonds is 4. The van der Waals surface area contributed by atoms with Gasteiger partial charge in [-0.3, -0.25) is 9.59 Å². The maximum Gasteiger partial charge on any atom is 0.312 e. The van der Waals surface area contributed by atoms with Crippen LogP contribution >= 0.6 is 0 Å². The van der Waals surface area contributed by atoms with Crippen molar-refractivity contribution in [3.8, 4) is 0 Å². The van der Waals surface area contributed by atoms with E-state index in [0.717, 1.165) is 11.1 Å². The van der Waals surface area contributed by atoms with E-state index in [1.807, 2.05) is 67.6 Å². The fraction of sp³-hybridized carbons (Fsp3) is 0.263. The molecule has 1 saturated heterocycles. The molecule has 0 N–H and O–H groups in total. The largest absolute Gasteiger partial charge is 0.328 e. The number of nitrogens with zero attached hydrogens (tertiary/aromatic N) is 2. The lowest BCUT2D eigenvalue weighted by Crippen LogP contribution is -2.57. The van der Waals surface area contributed by atoms with Gasteiger partial charge in [0.1, 0.15) is 0 Å². The van der Waals surface area contributed by atoms with E-state index < -0.39 is 11.8 Å². The van der Waals surface area contributed by atoms with E-state index >= 15 is 0 Å². The lowest BCUT2D eigenvalue weighted by Gasteiger charge is -2.39. The van der Waals surface area contributed by atoms with E-state index in [2.05, 4.69) is 0 Å². The van der Waals surface area contributed by atoms with Gasteiger partial charge in [-0.15, -0.1) is 0 Å². The van der Waals surface area contributed by atoms with Crippen molar-refractivity contribution in [2.24, 2.45) is 0 Å². The second-order valence-corrected chi connectivity index (χ2v) is 5.94. The van der Waals surface area contributed by atoms with Crippen LogP contribution in [0.15, 0.2) is 60.7 Å². The van der Waals surface area contributed by atoms with Gasteiger partial charge < -0.3 is 9.80 Å². The summed E-state index contributed by atoms with van der Waals surface area (Å²) in [7, 11) is 0. The van der Waals surface area contributed by atoms with E-state index in [0.29, 0.717) is 19.6 Å². The first kappa shape index (κ1) is 15.3. The number of amides is 2. The summed E-state index contributed by atoms with van der Waals surface area (Å²) in [6.45, 7) is 3.51. The smallest absolute Gasteiger partial charge is 0.312 e. The fourth-order valence-corrected chi connectivity index (χ4v) is 2.91. The molecule has 1 aliphatic rings. The van der Waals surface area contributed by atoms with Crippen LogP contribution in [-0.2, 0) is 22.7 Å². The van der Waals surface area contributed by atoms with Crippen LogP contribution in [0.2, 0.25) is 0 Å². The Bertz CT molecular complexity index is 685. The molecule has 4 heteroatoms. The van der Waals surface area contributed by atoms with E-state index in [-0.39, 0.29) is 6.04 Å². The number of carbonyl (C=O) groups excluding carboxylic acids is 2. The minimum atomic E-state index is -0.414. The summed E-state index contributed by atoms with van der Waals surface area (Å²) in [6.07, 6.45) is 0. The van der Waals surface area contributed by atoms with Crippen molar-refractivity contribution in [1.29, 1.82) is 0 Å². The molecule has 1 unspecified atom stereocenters. The highest BCUT2D eigenvalue weighted by Crippen LogP contribution is 2.18. The third kappa shape index (κ3) is 3.42. The quantitative estimate of drug-likeness (QED) is 0.814. The van der Waals surface area contributed by atoms with Crippen molar-refractivity contribution in [2.45, 2.75) is 26.1 Å². The van der Waals surface area contributed by atoms with E-state index in [4.69, 9.17) is 0 Å². The van der Waals surface area contributed by atoms with Crippen LogP contribution in [0.4, 0.5) is 0 Å². The maximum atomic E-state index is 12.5. The normalized spacial score (nSPS) is 18.4. The predicted molar refractivity (Wildman–Crippen MR) is 88.3 cm³/mol. The van der Waals surface area contributed by atoms with Gasteiger partial charge >= 0.3 is 11.8 Å². The SMILES string of the molecule is CC1CN(Cc2ccccc2)C(=O)C(=O)N1Cc1ccccc1. The van der Waals surface area contributed by atoms with E-state index in [9.17, 15) is 9.59 Å². The molecule has 0 aliphatic carbocycles. The van der Waals surface area contributed by atoms with Crippen molar-refractivity contribution in [2.75, 3.05) is 6.54 Å². The second-order valence-electron chi connectivity index (χ2n) is 5.94. The third-order valence-electron chi connectivity index (χ3n) is 4.16. The van der Waals surface area contributed by atoms with Gasteiger partial charge in [0.15, 0.2) is 0 Å². The summed E-state index contributed by atoms with van der Waals surface area (Å²) >= 11 is 0. The molecular formula is C19H20N2O2. The average Bonchev–Trinajstić information content (AvgIpc) is 2.58. The zero-order valence-electron chi connectivity index (χ0n) is 13.2. The van der Waals surface area contributed by atoms with Crippen molar-refractivity contribution >= 4 is 11.8 Å². The molecule has 2 amide bonds. The molecule has 0 radical (unpaired) electrons. The number of hydrogen-bond donors (Lipinski definition) is 0. The standard InChI is InChI=1S/C19H20N2O2/c1-15-12-20(13-16-8-4-2-5-9-16)18(22)19(23)21(15)14-17-10-6-3-7-11-17/h2-11,15H,12-14H2,1H3. The van der Waals surface area contributed by atoms with Gasteiger partial charge in [-0.2, -0.15) is 0 Å². The van der Waals surface area contributed by atoms with Crippen LogP contribution in [0, 0.1) is 0 Å². The summed E-state index contributed by atoms with van der Waals surface area (Å²) in [4.78, 5) is 28.2. The van der Waals surface area contributed by atoms with Crippen molar-refractivity contribution < 1.29 is 9.59 Å². The molecule has 0 saturated carbocycles. The van der Waals surface area contributed by atoms with Gasteiger partial charge in [-0.1, -0.05) is 60.7 Å². The Labute approximate surface area is 136 Å². The molecule has 1 aliphatic heterocycles. The van der Waals surface area contributed by atoms with Crippen LogP contribution in [0.5, 0.6) is 0 Å². The molecule has 118 valence electrons. The first-order chi connectivity index (χ1) is 11.1. The minimum Gasteiger partial charge on any atom is -0.328 e. The van der Waals surface area contributed by atoms with Crippen molar-refractivity contribution in [3.05, 3.63) is 71.8 Å². The molecule has 23 heavy (non-hydrogen) atoms. The molecule has 2 aromatic carbocycles. The number of benzene rings is 2. The summed E-state index contributed by atoms with van der Waals surface area (Å²) in [5, 5.41) is 0. The molecule has 0 bridgehead atoms. The molecule has 1 atom stereocenters. The van der Waals surface area contributed by atoms with E-state index in [1.165, 1.54) is 0 Å². The Morgan fingerprint density at radius 2 is 1.35 bits per heavy atom. The average molecular weight is 308 g/mol. The van der Waals surface area contributed by atoms with Crippen LogP contribution in [0.3, 0.4) is 0 Å². The molecule has 1 heterocycles. The second kappa shape index (κ2) is 6.65. The summed E-state index contributed by atoms with van der Waals surface area (Å²) in [6, 6.07) is 19.5. The minimum absolute atomic E-state index is 0.00381. The number of hydrogen-bond acceptors (Lipinski definition) is 2. The Kier molecular flexibility index (Phi) is 4.42. The molecule has 3 rings (SSSR count). The van der Waals surface area contributed by atoms with Gasteiger partial charge in [-0.25, -0.2) is 0 Å².